The molecule has 1 saturated heterocycles. The number of hydrogen-bond donors (Lipinski definition) is 1. The summed E-state index contributed by atoms with van der Waals surface area (Å²) >= 11 is 12.0. The normalized spacial score (nSPS) is 18.6. The number of carboxylic acid groups (broad SMARTS) is 1. The molecule has 1 heterocycles. The van der Waals surface area contributed by atoms with Crippen LogP contribution in [-0.4, -0.2) is 35.0 Å². The minimum absolute atomic E-state index is 0.137. The van der Waals surface area contributed by atoms with Gasteiger partial charge in [0, 0.05) is 24.5 Å². The van der Waals surface area contributed by atoms with Crippen LogP contribution in [0, 0.1) is 5.92 Å². The van der Waals surface area contributed by atoms with Gasteiger partial charge >= 0.3 is 5.97 Å². The topological polar surface area (TPSA) is 57.6 Å². The number of carbonyl (C=O) groups excluding carboxylic acids is 1. The van der Waals surface area contributed by atoms with Gasteiger partial charge in [0.2, 0.25) is 0 Å². The van der Waals surface area contributed by atoms with Crippen LogP contribution in [0.1, 0.15) is 36.0 Å². The van der Waals surface area contributed by atoms with E-state index in [-0.39, 0.29) is 18.2 Å². The molecule has 0 radical (unpaired) electrons. The van der Waals surface area contributed by atoms with Crippen LogP contribution in [0.25, 0.3) is 0 Å². The van der Waals surface area contributed by atoms with Crippen molar-refractivity contribution in [2.45, 2.75) is 25.7 Å². The van der Waals surface area contributed by atoms with Crippen LogP contribution >= 0.6 is 23.2 Å². The summed E-state index contributed by atoms with van der Waals surface area (Å²) in [4.78, 5) is 24.9. The van der Waals surface area contributed by atoms with E-state index in [2.05, 4.69) is 0 Å². The lowest BCUT2D eigenvalue weighted by molar-refractivity contribution is -0.137. The third-order valence-electron chi connectivity index (χ3n) is 3.73. The first-order chi connectivity index (χ1) is 9.97. The van der Waals surface area contributed by atoms with Crippen molar-refractivity contribution in [1.82, 2.24) is 4.90 Å². The molecule has 21 heavy (non-hydrogen) atoms. The van der Waals surface area contributed by atoms with E-state index in [4.69, 9.17) is 28.3 Å². The predicted octanol–water partition coefficient (Wildman–Crippen LogP) is 3.71. The molecule has 1 amide bonds. The van der Waals surface area contributed by atoms with Crippen molar-refractivity contribution in [2.75, 3.05) is 13.1 Å². The summed E-state index contributed by atoms with van der Waals surface area (Å²) in [5, 5.41) is 9.61. The van der Waals surface area contributed by atoms with Crippen molar-refractivity contribution in [3.05, 3.63) is 33.8 Å². The number of likely N-dealkylation sites (tertiary alicyclic amines) is 1. The van der Waals surface area contributed by atoms with E-state index in [9.17, 15) is 9.59 Å². The van der Waals surface area contributed by atoms with E-state index in [1.165, 1.54) is 0 Å². The van der Waals surface area contributed by atoms with Crippen molar-refractivity contribution < 1.29 is 14.7 Å². The van der Waals surface area contributed by atoms with E-state index in [1.54, 1.807) is 23.1 Å². The molecule has 1 aliphatic rings. The van der Waals surface area contributed by atoms with Gasteiger partial charge in [-0.25, -0.2) is 0 Å². The highest BCUT2D eigenvalue weighted by Gasteiger charge is 2.26. The minimum Gasteiger partial charge on any atom is -0.481 e. The number of carbonyl (C=O) groups is 2. The molecule has 1 N–H and O–H groups in total. The first-order valence-electron chi connectivity index (χ1n) is 6.93. The Labute approximate surface area is 133 Å². The molecule has 0 unspecified atom stereocenters. The molecular formula is C15H17Cl2NO3. The van der Waals surface area contributed by atoms with E-state index in [1.807, 2.05) is 0 Å². The van der Waals surface area contributed by atoms with Gasteiger partial charge in [-0.05, 0) is 43.4 Å². The average molecular weight is 330 g/mol. The maximum Gasteiger partial charge on any atom is 0.303 e. The molecule has 1 aromatic rings. The fourth-order valence-corrected chi connectivity index (χ4v) is 3.01. The van der Waals surface area contributed by atoms with Crippen LogP contribution < -0.4 is 0 Å². The van der Waals surface area contributed by atoms with E-state index in [0.717, 1.165) is 12.8 Å². The Hall–Kier alpha value is -1.26. The smallest absolute Gasteiger partial charge is 0.303 e. The van der Waals surface area contributed by atoms with Crippen molar-refractivity contribution >= 4 is 35.1 Å². The summed E-state index contributed by atoms with van der Waals surface area (Å²) in [6, 6.07) is 4.84. The van der Waals surface area contributed by atoms with Crippen LogP contribution in [0.15, 0.2) is 18.2 Å². The molecule has 0 aliphatic carbocycles. The van der Waals surface area contributed by atoms with Gasteiger partial charge in [-0.3, -0.25) is 9.59 Å². The van der Waals surface area contributed by atoms with Crippen molar-refractivity contribution in [2.24, 2.45) is 5.92 Å². The monoisotopic (exact) mass is 329 g/mol. The average Bonchev–Trinajstić information content (AvgIpc) is 2.47. The lowest BCUT2D eigenvalue weighted by Gasteiger charge is -2.33. The highest BCUT2D eigenvalue weighted by atomic mass is 35.5. The summed E-state index contributed by atoms with van der Waals surface area (Å²) in [7, 11) is 0. The Balaban J connectivity index is 2.05. The van der Waals surface area contributed by atoms with Gasteiger partial charge in [0.15, 0.2) is 0 Å². The number of halogens is 2. The highest BCUT2D eigenvalue weighted by molar-refractivity contribution is 6.35. The minimum atomic E-state index is -0.795. The van der Waals surface area contributed by atoms with Gasteiger partial charge in [0.25, 0.3) is 5.91 Å². The van der Waals surface area contributed by atoms with Crippen LogP contribution in [-0.2, 0) is 4.79 Å². The number of aliphatic carboxylic acids is 1. The lowest BCUT2D eigenvalue weighted by atomic mass is 9.93. The standard InChI is InChI=1S/C15H17Cl2NO3/c16-11-4-5-13(17)12(8-11)15(21)18-7-1-2-10(9-18)3-6-14(19)20/h4-5,8,10H,1-3,6-7,9H2,(H,19,20)/t10-/m1/s1. The molecule has 4 nitrogen and oxygen atoms in total. The summed E-state index contributed by atoms with van der Waals surface area (Å²) in [6.45, 7) is 1.25. The largest absolute Gasteiger partial charge is 0.481 e. The number of carboxylic acids is 1. The number of nitrogens with zero attached hydrogens (tertiary/aromatic N) is 1. The molecule has 1 aromatic carbocycles. The Bertz CT molecular complexity index is 548. The molecule has 2 rings (SSSR count). The second-order valence-electron chi connectivity index (χ2n) is 5.32. The summed E-state index contributed by atoms with van der Waals surface area (Å²) in [6.07, 6.45) is 2.58. The van der Waals surface area contributed by atoms with Crippen LogP contribution in [0.4, 0.5) is 0 Å². The van der Waals surface area contributed by atoms with Crippen LogP contribution in [0.3, 0.4) is 0 Å². The zero-order chi connectivity index (χ0) is 15.4. The molecule has 0 spiro atoms. The second kappa shape index (κ2) is 7.14. The molecular weight excluding hydrogens is 313 g/mol. The fourth-order valence-electron chi connectivity index (χ4n) is 2.64. The maximum absolute atomic E-state index is 12.5. The van der Waals surface area contributed by atoms with Gasteiger partial charge in [-0.15, -0.1) is 0 Å². The summed E-state index contributed by atoms with van der Waals surface area (Å²) < 4.78 is 0. The molecule has 0 aromatic heterocycles. The van der Waals surface area contributed by atoms with Crippen LogP contribution in [0.2, 0.25) is 10.0 Å². The quantitative estimate of drug-likeness (QED) is 0.915. The maximum atomic E-state index is 12.5. The molecule has 1 fully saturated rings. The number of benzene rings is 1. The molecule has 0 bridgehead atoms. The van der Waals surface area contributed by atoms with Gasteiger partial charge in [0.05, 0.1) is 10.6 Å². The second-order valence-corrected chi connectivity index (χ2v) is 6.16. The number of rotatable bonds is 4. The summed E-state index contributed by atoms with van der Waals surface area (Å²) in [5.41, 5.74) is 0.406. The van der Waals surface area contributed by atoms with E-state index >= 15 is 0 Å². The van der Waals surface area contributed by atoms with Gasteiger partial charge < -0.3 is 10.0 Å². The first-order valence-corrected chi connectivity index (χ1v) is 7.69. The van der Waals surface area contributed by atoms with E-state index in [0.29, 0.717) is 35.1 Å². The Morgan fingerprint density at radius 1 is 1.33 bits per heavy atom. The summed E-state index contributed by atoms with van der Waals surface area (Å²) in [5.74, 6) is -0.698. The van der Waals surface area contributed by atoms with Gasteiger partial charge in [0.1, 0.15) is 0 Å². The third-order valence-corrected chi connectivity index (χ3v) is 4.30. The Kier molecular flexibility index (Phi) is 5.48. The predicted molar refractivity (Wildman–Crippen MR) is 82.0 cm³/mol. The van der Waals surface area contributed by atoms with Gasteiger partial charge in [-0.1, -0.05) is 23.2 Å². The number of piperidine rings is 1. The van der Waals surface area contributed by atoms with Crippen molar-refractivity contribution in [3.8, 4) is 0 Å². The molecule has 6 heteroatoms. The lowest BCUT2D eigenvalue weighted by Crippen LogP contribution is -2.40. The Morgan fingerprint density at radius 3 is 2.81 bits per heavy atom. The highest BCUT2D eigenvalue weighted by Crippen LogP contribution is 2.26. The third kappa shape index (κ3) is 4.35. The first kappa shape index (κ1) is 16.1. The van der Waals surface area contributed by atoms with Crippen molar-refractivity contribution in [3.63, 3.8) is 0 Å². The zero-order valence-electron chi connectivity index (χ0n) is 11.5. The molecule has 1 aliphatic heterocycles. The number of hydrogen-bond acceptors (Lipinski definition) is 2. The molecule has 0 saturated carbocycles. The number of amides is 1. The van der Waals surface area contributed by atoms with Gasteiger partial charge in [-0.2, -0.15) is 0 Å². The van der Waals surface area contributed by atoms with Crippen molar-refractivity contribution in [1.29, 1.82) is 0 Å². The fraction of sp³-hybridized carbons (Fsp3) is 0.467. The molecule has 1 atom stereocenters. The van der Waals surface area contributed by atoms with Crippen LogP contribution in [0.5, 0.6) is 0 Å². The van der Waals surface area contributed by atoms with E-state index < -0.39 is 5.97 Å². The Morgan fingerprint density at radius 2 is 2.10 bits per heavy atom. The molecule has 114 valence electrons. The SMILES string of the molecule is O=C(O)CC[C@H]1CCCN(C(=O)c2cc(Cl)ccc2Cl)C1. The zero-order valence-corrected chi connectivity index (χ0v) is 13.0.